The van der Waals surface area contributed by atoms with Crippen LogP contribution >= 0.6 is 0 Å². The average Bonchev–Trinajstić information content (AvgIpc) is 3.37. The largest absolute Gasteiger partial charge is 0.370 e. The van der Waals surface area contributed by atoms with Crippen LogP contribution in [0.25, 0.3) is 0 Å². The number of Topliss-reactive ketones (excluding diaryl/α,β-unsaturated/α-hetero) is 1. The molecular formula is C19H20N2O2. The van der Waals surface area contributed by atoms with E-state index >= 15 is 0 Å². The minimum absolute atomic E-state index is 0.00680. The van der Waals surface area contributed by atoms with Crippen LogP contribution in [0.4, 0.5) is 5.69 Å². The van der Waals surface area contributed by atoms with Crippen LogP contribution in [0.5, 0.6) is 0 Å². The molecule has 1 aliphatic carbocycles. The number of carbonyl (C=O) groups is 2. The highest BCUT2D eigenvalue weighted by Gasteiger charge is 2.28. The van der Waals surface area contributed by atoms with E-state index in [0.29, 0.717) is 11.6 Å². The third-order valence-electron chi connectivity index (χ3n) is 3.90. The summed E-state index contributed by atoms with van der Waals surface area (Å²) in [5, 5.41) is 6.30. The summed E-state index contributed by atoms with van der Waals surface area (Å²) in [5.74, 6) is -0.0285. The van der Waals surface area contributed by atoms with Gasteiger partial charge in [-0.2, -0.15) is 0 Å². The smallest absolute Gasteiger partial charge is 0.247 e. The van der Waals surface area contributed by atoms with Gasteiger partial charge in [-0.05, 0) is 37.5 Å². The Labute approximate surface area is 135 Å². The fourth-order valence-corrected chi connectivity index (χ4v) is 2.45. The fraction of sp³-hybridized carbons (Fsp3) is 0.263. The highest BCUT2D eigenvalue weighted by molar-refractivity contribution is 5.95. The molecule has 23 heavy (non-hydrogen) atoms. The van der Waals surface area contributed by atoms with Crippen LogP contribution in [-0.2, 0) is 4.79 Å². The Balaban J connectivity index is 1.84. The summed E-state index contributed by atoms with van der Waals surface area (Å²) in [6, 6.07) is 16.7. The molecule has 1 saturated carbocycles. The van der Waals surface area contributed by atoms with E-state index in [4.69, 9.17) is 0 Å². The molecule has 0 heterocycles. The second kappa shape index (κ2) is 6.65. The van der Waals surface area contributed by atoms with Gasteiger partial charge in [0.1, 0.15) is 6.04 Å². The van der Waals surface area contributed by atoms with Crippen LogP contribution in [0.3, 0.4) is 0 Å². The van der Waals surface area contributed by atoms with Crippen molar-refractivity contribution >= 4 is 17.4 Å². The van der Waals surface area contributed by atoms with Gasteiger partial charge in [0.15, 0.2) is 5.78 Å². The standard InChI is InChI=1S/C19H20N2O2/c1-13(22)15-8-5-9-17(12-15)20-18(14-6-3-2-4-7-14)19(23)21-16-10-11-16/h2-9,12,16,18,20H,10-11H2,1H3,(H,21,23)/t18-/m0/s1. The molecular weight excluding hydrogens is 288 g/mol. The molecule has 4 nitrogen and oxygen atoms in total. The Morgan fingerprint density at radius 1 is 1.04 bits per heavy atom. The average molecular weight is 308 g/mol. The van der Waals surface area contributed by atoms with Gasteiger partial charge in [-0.15, -0.1) is 0 Å². The first-order valence-corrected chi connectivity index (χ1v) is 7.86. The van der Waals surface area contributed by atoms with E-state index in [1.807, 2.05) is 42.5 Å². The van der Waals surface area contributed by atoms with Crippen LogP contribution in [0.1, 0.15) is 41.7 Å². The molecule has 2 aromatic rings. The molecule has 118 valence electrons. The number of benzene rings is 2. The lowest BCUT2D eigenvalue weighted by atomic mass is 10.0. The topological polar surface area (TPSA) is 58.2 Å². The number of ketones is 1. The van der Waals surface area contributed by atoms with Crippen molar-refractivity contribution in [2.45, 2.75) is 31.8 Å². The van der Waals surface area contributed by atoms with Crippen molar-refractivity contribution in [1.82, 2.24) is 5.32 Å². The quantitative estimate of drug-likeness (QED) is 0.805. The van der Waals surface area contributed by atoms with Crippen LogP contribution in [-0.4, -0.2) is 17.7 Å². The van der Waals surface area contributed by atoms with Gasteiger partial charge in [0.05, 0.1) is 0 Å². The summed E-state index contributed by atoms with van der Waals surface area (Å²) in [7, 11) is 0. The van der Waals surface area contributed by atoms with E-state index in [9.17, 15) is 9.59 Å². The van der Waals surface area contributed by atoms with E-state index in [-0.39, 0.29) is 11.7 Å². The highest BCUT2D eigenvalue weighted by atomic mass is 16.2. The van der Waals surface area contributed by atoms with Crippen molar-refractivity contribution in [2.24, 2.45) is 0 Å². The number of hydrogen-bond donors (Lipinski definition) is 2. The lowest BCUT2D eigenvalue weighted by Crippen LogP contribution is -2.34. The lowest BCUT2D eigenvalue weighted by Gasteiger charge is -2.20. The maximum atomic E-state index is 12.6. The van der Waals surface area contributed by atoms with Gasteiger partial charge in [0, 0.05) is 17.3 Å². The zero-order valence-corrected chi connectivity index (χ0v) is 13.1. The monoisotopic (exact) mass is 308 g/mol. The van der Waals surface area contributed by atoms with Gasteiger partial charge in [0.2, 0.25) is 5.91 Å². The Bertz CT molecular complexity index is 708. The van der Waals surface area contributed by atoms with Gasteiger partial charge in [-0.1, -0.05) is 42.5 Å². The number of amides is 1. The molecule has 0 radical (unpaired) electrons. The molecule has 0 spiro atoms. The van der Waals surface area contributed by atoms with Crippen molar-refractivity contribution in [2.75, 3.05) is 5.32 Å². The second-order valence-corrected chi connectivity index (χ2v) is 5.91. The Morgan fingerprint density at radius 3 is 2.43 bits per heavy atom. The van der Waals surface area contributed by atoms with Gasteiger partial charge in [-0.25, -0.2) is 0 Å². The van der Waals surface area contributed by atoms with Crippen LogP contribution in [0, 0.1) is 0 Å². The number of rotatable bonds is 6. The number of carbonyl (C=O) groups excluding carboxylic acids is 2. The highest BCUT2D eigenvalue weighted by Crippen LogP contribution is 2.24. The Hall–Kier alpha value is -2.62. The molecule has 0 aromatic heterocycles. The Morgan fingerprint density at radius 2 is 1.78 bits per heavy atom. The zero-order valence-electron chi connectivity index (χ0n) is 13.1. The maximum absolute atomic E-state index is 12.6. The number of hydrogen-bond acceptors (Lipinski definition) is 3. The van der Waals surface area contributed by atoms with Crippen LogP contribution in [0.15, 0.2) is 54.6 Å². The molecule has 2 N–H and O–H groups in total. The van der Waals surface area contributed by atoms with Crippen LogP contribution < -0.4 is 10.6 Å². The van der Waals surface area contributed by atoms with E-state index in [2.05, 4.69) is 10.6 Å². The molecule has 0 aliphatic heterocycles. The molecule has 1 aliphatic rings. The van der Waals surface area contributed by atoms with Crippen molar-refractivity contribution in [3.8, 4) is 0 Å². The molecule has 4 heteroatoms. The summed E-state index contributed by atoms with van der Waals surface area (Å²) in [4.78, 5) is 24.1. The minimum Gasteiger partial charge on any atom is -0.370 e. The van der Waals surface area contributed by atoms with Crippen molar-refractivity contribution in [3.63, 3.8) is 0 Å². The van der Waals surface area contributed by atoms with Gasteiger partial charge >= 0.3 is 0 Å². The summed E-state index contributed by atoms with van der Waals surface area (Å²) < 4.78 is 0. The zero-order chi connectivity index (χ0) is 16.2. The molecule has 0 unspecified atom stereocenters. The molecule has 1 atom stereocenters. The van der Waals surface area contributed by atoms with Gasteiger partial charge < -0.3 is 10.6 Å². The predicted molar refractivity (Wildman–Crippen MR) is 90.4 cm³/mol. The lowest BCUT2D eigenvalue weighted by molar-refractivity contribution is -0.122. The van der Waals surface area contributed by atoms with Crippen LogP contribution in [0.2, 0.25) is 0 Å². The fourth-order valence-electron chi connectivity index (χ4n) is 2.45. The van der Waals surface area contributed by atoms with E-state index in [1.54, 1.807) is 12.1 Å². The first-order valence-electron chi connectivity index (χ1n) is 7.86. The Kier molecular flexibility index (Phi) is 4.42. The summed E-state index contributed by atoms with van der Waals surface area (Å²) in [6.45, 7) is 1.54. The molecule has 3 rings (SSSR count). The predicted octanol–water partition coefficient (Wildman–Crippen LogP) is 3.32. The second-order valence-electron chi connectivity index (χ2n) is 5.91. The molecule has 1 fully saturated rings. The third-order valence-corrected chi connectivity index (χ3v) is 3.90. The molecule has 1 amide bonds. The summed E-state index contributed by atoms with van der Waals surface area (Å²) in [5.41, 5.74) is 2.29. The van der Waals surface area contributed by atoms with Gasteiger partial charge in [0.25, 0.3) is 0 Å². The maximum Gasteiger partial charge on any atom is 0.247 e. The van der Waals surface area contributed by atoms with E-state index in [1.165, 1.54) is 6.92 Å². The summed E-state index contributed by atoms with van der Waals surface area (Å²) in [6.07, 6.45) is 2.10. The normalized spacial score (nSPS) is 14.8. The van der Waals surface area contributed by atoms with Crippen molar-refractivity contribution < 1.29 is 9.59 Å². The molecule has 0 bridgehead atoms. The van der Waals surface area contributed by atoms with Gasteiger partial charge in [-0.3, -0.25) is 9.59 Å². The first kappa shape index (κ1) is 15.3. The molecule has 2 aromatic carbocycles. The van der Waals surface area contributed by atoms with E-state index < -0.39 is 6.04 Å². The minimum atomic E-state index is -0.473. The number of nitrogens with one attached hydrogen (secondary N) is 2. The first-order chi connectivity index (χ1) is 11.1. The SMILES string of the molecule is CC(=O)c1cccc(N[C@H](C(=O)NC2CC2)c2ccccc2)c1. The number of anilines is 1. The molecule has 0 saturated heterocycles. The van der Waals surface area contributed by atoms with E-state index in [0.717, 1.165) is 24.1 Å². The van der Waals surface area contributed by atoms with Crippen molar-refractivity contribution in [3.05, 3.63) is 65.7 Å². The third kappa shape index (κ3) is 3.97. The van der Waals surface area contributed by atoms with Crippen molar-refractivity contribution in [1.29, 1.82) is 0 Å². The summed E-state index contributed by atoms with van der Waals surface area (Å²) >= 11 is 0.